The smallest absolute Gasteiger partial charge is 0.238 e. The van der Waals surface area contributed by atoms with Gasteiger partial charge in [-0.25, -0.2) is 9.83 Å². The van der Waals surface area contributed by atoms with Gasteiger partial charge in [-0.1, -0.05) is 109 Å². The van der Waals surface area contributed by atoms with Crippen LogP contribution in [0.15, 0.2) is 144 Å². The molecule has 0 aliphatic carbocycles. The number of para-hydroxylation sites is 3. The summed E-state index contributed by atoms with van der Waals surface area (Å²) >= 11 is 0. The molecule has 0 aliphatic heterocycles. The summed E-state index contributed by atoms with van der Waals surface area (Å²) in [5.74, 6) is 1.52. The molecule has 0 fully saturated rings. The van der Waals surface area contributed by atoms with Crippen LogP contribution in [0.2, 0.25) is 0 Å². The number of aromatic nitrogens is 4. The molecule has 0 aliphatic rings. The van der Waals surface area contributed by atoms with Crippen molar-refractivity contribution in [3.63, 3.8) is 0 Å². The van der Waals surface area contributed by atoms with Crippen LogP contribution < -0.4 is 0 Å². The van der Waals surface area contributed by atoms with Crippen molar-refractivity contribution in [2.75, 3.05) is 0 Å². The summed E-state index contributed by atoms with van der Waals surface area (Å²) in [4.78, 5) is 18.7. The molecule has 0 spiro atoms. The molecule has 3 heterocycles. The largest absolute Gasteiger partial charge is 0.455 e. The van der Waals surface area contributed by atoms with Crippen LogP contribution in [0.3, 0.4) is 0 Å². The van der Waals surface area contributed by atoms with Gasteiger partial charge in [0.1, 0.15) is 11.2 Å². The molecule has 0 amide bonds. The van der Waals surface area contributed by atoms with Gasteiger partial charge >= 0.3 is 0 Å². The number of furan rings is 1. The van der Waals surface area contributed by atoms with E-state index in [1.165, 1.54) is 0 Å². The molecule has 9 rings (SSSR count). The van der Waals surface area contributed by atoms with Gasteiger partial charge in [0.15, 0.2) is 17.3 Å². The Hall–Kier alpha value is -6.58. The normalized spacial score (nSPS) is 11.5. The summed E-state index contributed by atoms with van der Waals surface area (Å²) in [6.45, 7) is 7.40. The summed E-state index contributed by atoms with van der Waals surface area (Å²) < 4.78 is 8.63. The standard InChI is InChI=1S/C40H23N5O/c1-41-28-21-18-26(19-22-28)38-42-39(44-40(43-38)45-34-16-7-5-12-29(34)30-13-6-8-17-35(30)45)32-15-9-14-31-33-24-27(25-10-3-2-4-11-25)20-23-36(33)46-37(31)32/h2-24H. The Kier molecular flexibility index (Phi) is 5.77. The predicted octanol–water partition coefficient (Wildman–Crippen LogP) is 10.4. The molecule has 0 bridgehead atoms. The van der Waals surface area contributed by atoms with E-state index in [0.29, 0.717) is 23.3 Å². The topological polar surface area (TPSA) is 61.1 Å². The molecule has 3 aromatic heterocycles. The Morgan fingerprint density at radius 1 is 0.522 bits per heavy atom. The van der Waals surface area contributed by atoms with Crippen molar-refractivity contribution >= 4 is 49.4 Å². The van der Waals surface area contributed by atoms with E-state index in [0.717, 1.165) is 66.0 Å². The first-order chi connectivity index (χ1) is 22.7. The second-order valence-electron chi connectivity index (χ2n) is 11.2. The average Bonchev–Trinajstić information content (AvgIpc) is 3.67. The van der Waals surface area contributed by atoms with Gasteiger partial charge in [0.2, 0.25) is 5.95 Å². The van der Waals surface area contributed by atoms with Crippen molar-refractivity contribution in [2.45, 2.75) is 0 Å². The van der Waals surface area contributed by atoms with Gasteiger partial charge in [-0.15, -0.1) is 0 Å². The monoisotopic (exact) mass is 589 g/mol. The van der Waals surface area contributed by atoms with E-state index in [4.69, 9.17) is 25.9 Å². The van der Waals surface area contributed by atoms with Crippen molar-refractivity contribution < 1.29 is 4.42 Å². The van der Waals surface area contributed by atoms with E-state index < -0.39 is 0 Å². The lowest BCUT2D eigenvalue weighted by Gasteiger charge is -2.11. The fourth-order valence-electron chi connectivity index (χ4n) is 6.32. The molecule has 6 aromatic carbocycles. The fraction of sp³-hybridized carbons (Fsp3) is 0. The van der Waals surface area contributed by atoms with Gasteiger partial charge in [0, 0.05) is 27.1 Å². The molecule has 9 aromatic rings. The minimum atomic E-state index is 0.504. The summed E-state index contributed by atoms with van der Waals surface area (Å²) in [6, 6.07) is 46.7. The number of rotatable bonds is 4. The Morgan fingerprint density at radius 3 is 1.91 bits per heavy atom. The molecule has 6 heteroatoms. The first kappa shape index (κ1) is 25.9. The molecule has 0 atom stereocenters. The summed E-state index contributed by atoms with van der Waals surface area (Å²) in [7, 11) is 0. The van der Waals surface area contributed by atoms with Crippen molar-refractivity contribution in [1.82, 2.24) is 19.5 Å². The zero-order chi connectivity index (χ0) is 30.6. The van der Waals surface area contributed by atoms with E-state index >= 15 is 0 Å². The maximum Gasteiger partial charge on any atom is 0.238 e. The highest BCUT2D eigenvalue weighted by atomic mass is 16.3. The van der Waals surface area contributed by atoms with E-state index in [9.17, 15) is 0 Å². The quantitative estimate of drug-likeness (QED) is 0.192. The van der Waals surface area contributed by atoms with Crippen molar-refractivity contribution in [3.8, 4) is 39.9 Å². The molecule has 0 saturated heterocycles. The van der Waals surface area contributed by atoms with Crippen LogP contribution in [-0.4, -0.2) is 19.5 Å². The average molecular weight is 590 g/mol. The second-order valence-corrected chi connectivity index (χ2v) is 11.2. The molecule has 0 unspecified atom stereocenters. The molecule has 214 valence electrons. The van der Waals surface area contributed by atoms with Crippen molar-refractivity contribution in [2.24, 2.45) is 0 Å². The van der Waals surface area contributed by atoms with Gasteiger partial charge in [0.05, 0.1) is 23.2 Å². The van der Waals surface area contributed by atoms with E-state index in [2.05, 4.69) is 64.0 Å². The Balaban J connectivity index is 1.31. The second kappa shape index (κ2) is 10.3. The highest BCUT2D eigenvalue weighted by Gasteiger charge is 2.20. The number of hydrogen-bond donors (Lipinski definition) is 0. The van der Waals surface area contributed by atoms with Gasteiger partial charge < -0.3 is 4.42 Å². The number of hydrogen-bond acceptors (Lipinski definition) is 4. The van der Waals surface area contributed by atoms with Crippen molar-refractivity contribution in [3.05, 3.63) is 151 Å². The molecule has 0 saturated carbocycles. The fourth-order valence-corrected chi connectivity index (χ4v) is 6.32. The molecule has 6 nitrogen and oxygen atoms in total. The third kappa shape index (κ3) is 4.07. The highest BCUT2D eigenvalue weighted by molar-refractivity contribution is 6.11. The summed E-state index contributed by atoms with van der Waals surface area (Å²) in [6.07, 6.45) is 0. The van der Waals surface area contributed by atoms with Crippen molar-refractivity contribution in [1.29, 1.82) is 0 Å². The summed E-state index contributed by atoms with van der Waals surface area (Å²) in [5.41, 5.74) is 7.93. The Morgan fingerprint density at radius 2 is 1.17 bits per heavy atom. The van der Waals surface area contributed by atoms with Crippen LogP contribution in [0, 0.1) is 6.57 Å². The zero-order valence-electron chi connectivity index (χ0n) is 24.4. The molecular weight excluding hydrogens is 566 g/mol. The predicted molar refractivity (Wildman–Crippen MR) is 184 cm³/mol. The zero-order valence-corrected chi connectivity index (χ0v) is 24.4. The lowest BCUT2D eigenvalue weighted by Crippen LogP contribution is -2.06. The third-order valence-electron chi connectivity index (χ3n) is 8.50. The SMILES string of the molecule is [C-]#[N+]c1ccc(-c2nc(-c3cccc4c3oc3ccc(-c5ccccc5)cc34)nc(-n3c4ccccc4c4ccccc43)n2)cc1. The minimum Gasteiger partial charge on any atom is -0.455 e. The Bertz CT molecular complexity index is 2590. The number of benzene rings is 6. The highest BCUT2D eigenvalue weighted by Crippen LogP contribution is 2.38. The minimum absolute atomic E-state index is 0.504. The maximum atomic E-state index is 7.40. The summed E-state index contributed by atoms with van der Waals surface area (Å²) in [5, 5.41) is 4.27. The number of nitrogens with zero attached hydrogens (tertiary/aromatic N) is 5. The third-order valence-corrected chi connectivity index (χ3v) is 8.50. The first-order valence-corrected chi connectivity index (χ1v) is 15.0. The van der Waals surface area contributed by atoms with Crippen LogP contribution in [0.25, 0.3) is 88.4 Å². The van der Waals surface area contributed by atoms with Crippen LogP contribution in [0.4, 0.5) is 5.69 Å². The molecule has 0 radical (unpaired) electrons. The first-order valence-electron chi connectivity index (χ1n) is 15.0. The van der Waals surface area contributed by atoms with Crippen LogP contribution in [0.5, 0.6) is 0 Å². The Labute approximate surface area is 263 Å². The lowest BCUT2D eigenvalue weighted by atomic mass is 10.0. The van der Waals surface area contributed by atoms with Crippen LogP contribution in [-0.2, 0) is 0 Å². The maximum absolute atomic E-state index is 7.40. The van der Waals surface area contributed by atoms with E-state index in [1.54, 1.807) is 12.1 Å². The van der Waals surface area contributed by atoms with Gasteiger partial charge in [0.25, 0.3) is 0 Å². The molecule has 46 heavy (non-hydrogen) atoms. The molecule has 0 N–H and O–H groups in total. The molecular formula is C40H23N5O. The number of fused-ring (bicyclic) bond motifs is 6. The van der Waals surface area contributed by atoms with Crippen LogP contribution in [0.1, 0.15) is 0 Å². The lowest BCUT2D eigenvalue weighted by molar-refractivity contribution is 0.669. The van der Waals surface area contributed by atoms with Gasteiger partial charge in [-0.3, -0.25) is 4.57 Å². The van der Waals surface area contributed by atoms with Gasteiger partial charge in [-0.05, 0) is 41.5 Å². The van der Waals surface area contributed by atoms with E-state index in [1.807, 2.05) is 72.8 Å². The van der Waals surface area contributed by atoms with Gasteiger partial charge in [-0.2, -0.15) is 9.97 Å². The van der Waals surface area contributed by atoms with E-state index in [-0.39, 0.29) is 0 Å². The van der Waals surface area contributed by atoms with Crippen LogP contribution >= 0.6 is 0 Å².